The summed E-state index contributed by atoms with van der Waals surface area (Å²) < 4.78 is 1.29. The van der Waals surface area contributed by atoms with Gasteiger partial charge < -0.3 is 10.2 Å². The normalized spacial score (nSPS) is 11.1. The Kier molecular flexibility index (Phi) is 5.91. The standard InChI is InChI=1S/C25H24N4O2/c1-28(2)17-19-11-7-6-10-18(19)16-26-24(30)23-21-14-8-9-15-22(21)25(31)29(27-23)20-12-4-3-5-13-20/h3-15H,16-17H2,1-2H3,(H,26,30). The second-order valence-corrected chi connectivity index (χ2v) is 7.64. The van der Waals surface area contributed by atoms with Crippen LogP contribution in [0.3, 0.4) is 0 Å². The van der Waals surface area contributed by atoms with Gasteiger partial charge in [-0.3, -0.25) is 9.59 Å². The number of nitrogens with zero attached hydrogens (tertiary/aromatic N) is 3. The highest BCUT2D eigenvalue weighted by Gasteiger charge is 2.17. The van der Waals surface area contributed by atoms with Gasteiger partial charge in [-0.15, -0.1) is 0 Å². The smallest absolute Gasteiger partial charge is 0.279 e. The summed E-state index contributed by atoms with van der Waals surface area (Å²) in [4.78, 5) is 28.2. The molecule has 1 amide bonds. The van der Waals surface area contributed by atoms with Crippen LogP contribution in [0.2, 0.25) is 0 Å². The van der Waals surface area contributed by atoms with E-state index in [-0.39, 0.29) is 17.2 Å². The van der Waals surface area contributed by atoms with Crippen LogP contribution < -0.4 is 10.9 Å². The van der Waals surface area contributed by atoms with Crippen LogP contribution in [0.1, 0.15) is 21.6 Å². The van der Waals surface area contributed by atoms with Gasteiger partial charge in [0.2, 0.25) is 0 Å². The molecule has 0 unspecified atom stereocenters. The number of rotatable bonds is 6. The van der Waals surface area contributed by atoms with Crippen LogP contribution in [-0.4, -0.2) is 34.7 Å². The van der Waals surface area contributed by atoms with Crippen LogP contribution in [0, 0.1) is 0 Å². The zero-order chi connectivity index (χ0) is 21.8. The van der Waals surface area contributed by atoms with Gasteiger partial charge in [-0.25, -0.2) is 0 Å². The first-order chi connectivity index (χ1) is 15.0. The van der Waals surface area contributed by atoms with E-state index in [4.69, 9.17) is 0 Å². The van der Waals surface area contributed by atoms with Crippen molar-refractivity contribution in [2.75, 3.05) is 14.1 Å². The molecular weight excluding hydrogens is 388 g/mol. The summed E-state index contributed by atoms with van der Waals surface area (Å²) in [5.74, 6) is -0.319. The summed E-state index contributed by atoms with van der Waals surface area (Å²) in [6, 6.07) is 24.2. The summed E-state index contributed by atoms with van der Waals surface area (Å²) in [5.41, 5.74) is 2.78. The number of hydrogen-bond acceptors (Lipinski definition) is 4. The quantitative estimate of drug-likeness (QED) is 0.527. The second-order valence-electron chi connectivity index (χ2n) is 7.64. The summed E-state index contributed by atoms with van der Waals surface area (Å²) in [5, 5.41) is 8.42. The molecule has 1 aromatic heterocycles. The molecule has 0 aliphatic rings. The number of aromatic nitrogens is 2. The molecule has 0 bridgehead atoms. The van der Waals surface area contributed by atoms with Crippen molar-refractivity contribution in [3.8, 4) is 5.69 Å². The molecular formula is C25H24N4O2. The predicted molar refractivity (Wildman–Crippen MR) is 122 cm³/mol. The molecule has 0 fully saturated rings. The fraction of sp³-hybridized carbons (Fsp3) is 0.160. The van der Waals surface area contributed by atoms with Gasteiger partial charge in [0, 0.05) is 18.5 Å². The van der Waals surface area contributed by atoms with E-state index in [0.29, 0.717) is 23.0 Å². The molecule has 6 heteroatoms. The number of nitrogens with one attached hydrogen (secondary N) is 1. The first kappa shape index (κ1) is 20.5. The van der Waals surface area contributed by atoms with Crippen LogP contribution >= 0.6 is 0 Å². The molecule has 3 aromatic carbocycles. The molecule has 4 aromatic rings. The Morgan fingerprint density at radius 1 is 0.871 bits per heavy atom. The lowest BCUT2D eigenvalue weighted by molar-refractivity contribution is 0.0946. The molecule has 0 aliphatic carbocycles. The lowest BCUT2D eigenvalue weighted by atomic mass is 10.1. The number of carbonyl (C=O) groups excluding carboxylic acids is 1. The minimum absolute atomic E-state index is 0.226. The molecule has 0 radical (unpaired) electrons. The zero-order valence-electron chi connectivity index (χ0n) is 17.6. The van der Waals surface area contributed by atoms with Gasteiger partial charge in [0.05, 0.1) is 11.1 Å². The third-order valence-electron chi connectivity index (χ3n) is 5.07. The summed E-state index contributed by atoms with van der Waals surface area (Å²) in [7, 11) is 4.02. The topological polar surface area (TPSA) is 67.2 Å². The van der Waals surface area contributed by atoms with Crippen LogP contribution in [0.25, 0.3) is 16.5 Å². The largest absolute Gasteiger partial charge is 0.347 e. The van der Waals surface area contributed by atoms with Crippen molar-refractivity contribution in [3.63, 3.8) is 0 Å². The SMILES string of the molecule is CN(C)Cc1ccccc1CNC(=O)c1nn(-c2ccccc2)c(=O)c2ccccc12. The highest BCUT2D eigenvalue weighted by atomic mass is 16.2. The maximum Gasteiger partial charge on any atom is 0.279 e. The van der Waals surface area contributed by atoms with E-state index in [2.05, 4.69) is 21.4 Å². The van der Waals surface area contributed by atoms with Crippen molar-refractivity contribution in [2.45, 2.75) is 13.1 Å². The van der Waals surface area contributed by atoms with E-state index < -0.39 is 0 Å². The van der Waals surface area contributed by atoms with Crippen molar-refractivity contribution >= 4 is 16.7 Å². The number of fused-ring (bicyclic) bond motifs is 1. The average molecular weight is 412 g/mol. The monoisotopic (exact) mass is 412 g/mol. The first-order valence-corrected chi connectivity index (χ1v) is 10.1. The van der Waals surface area contributed by atoms with E-state index >= 15 is 0 Å². The number of hydrogen-bond donors (Lipinski definition) is 1. The van der Waals surface area contributed by atoms with Crippen molar-refractivity contribution in [1.82, 2.24) is 20.0 Å². The van der Waals surface area contributed by atoms with E-state index in [9.17, 15) is 9.59 Å². The molecule has 156 valence electrons. The Balaban J connectivity index is 1.71. The Labute approximate surface area is 180 Å². The fourth-order valence-electron chi connectivity index (χ4n) is 3.59. The van der Waals surface area contributed by atoms with Crippen molar-refractivity contribution in [1.29, 1.82) is 0 Å². The lowest BCUT2D eigenvalue weighted by Gasteiger charge is -2.15. The Morgan fingerprint density at radius 3 is 2.19 bits per heavy atom. The van der Waals surface area contributed by atoms with E-state index in [1.165, 1.54) is 4.68 Å². The molecule has 0 saturated carbocycles. The maximum absolute atomic E-state index is 13.2. The Bertz CT molecular complexity index is 1280. The van der Waals surface area contributed by atoms with Crippen molar-refractivity contribution in [3.05, 3.63) is 106 Å². The molecule has 0 spiro atoms. The molecule has 4 rings (SSSR count). The van der Waals surface area contributed by atoms with Crippen LogP contribution in [0.15, 0.2) is 83.7 Å². The number of amides is 1. The van der Waals surface area contributed by atoms with Crippen LogP contribution in [-0.2, 0) is 13.1 Å². The minimum atomic E-state index is -0.319. The van der Waals surface area contributed by atoms with Gasteiger partial charge in [-0.2, -0.15) is 9.78 Å². The third-order valence-corrected chi connectivity index (χ3v) is 5.07. The van der Waals surface area contributed by atoms with E-state index in [1.807, 2.05) is 50.5 Å². The van der Waals surface area contributed by atoms with Crippen LogP contribution in [0.4, 0.5) is 0 Å². The summed E-state index contributed by atoms with van der Waals surface area (Å²) in [6.07, 6.45) is 0. The van der Waals surface area contributed by atoms with Crippen molar-refractivity contribution < 1.29 is 4.79 Å². The van der Waals surface area contributed by atoms with Gasteiger partial charge in [0.15, 0.2) is 5.69 Å². The molecule has 0 aliphatic heterocycles. The number of benzene rings is 3. The number of para-hydroxylation sites is 1. The fourth-order valence-corrected chi connectivity index (χ4v) is 3.59. The molecule has 1 N–H and O–H groups in total. The highest BCUT2D eigenvalue weighted by Crippen LogP contribution is 2.16. The zero-order valence-corrected chi connectivity index (χ0v) is 17.6. The lowest BCUT2D eigenvalue weighted by Crippen LogP contribution is -2.30. The van der Waals surface area contributed by atoms with Gasteiger partial charge in [0.25, 0.3) is 11.5 Å². The molecule has 31 heavy (non-hydrogen) atoms. The van der Waals surface area contributed by atoms with Crippen molar-refractivity contribution in [2.24, 2.45) is 0 Å². The number of carbonyl (C=O) groups is 1. The van der Waals surface area contributed by atoms with Crippen LogP contribution in [0.5, 0.6) is 0 Å². The highest BCUT2D eigenvalue weighted by molar-refractivity contribution is 6.04. The Morgan fingerprint density at radius 2 is 1.48 bits per heavy atom. The maximum atomic E-state index is 13.2. The van der Waals surface area contributed by atoms with Gasteiger partial charge >= 0.3 is 0 Å². The summed E-state index contributed by atoms with van der Waals surface area (Å²) >= 11 is 0. The first-order valence-electron chi connectivity index (χ1n) is 10.1. The molecule has 1 heterocycles. The van der Waals surface area contributed by atoms with Gasteiger partial charge in [-0.05, 0) is 43.4 Å². The Hall–Kier alpha value is -3.77. The molecule has 0 saturated heterocycles. The molecule has 6 nitrogen and oxygen atoms in total. The average Bonchev–Trinajstić information content (AvgIpc) is 2.79. The molecule has 0 atom stereocenters. The third kappa shape index (κ3) is 4.39. The van der Waals surface area contributed by atoms with Gasteiger partial charge in [-0.1, -0.05) is 60.7 Å². The van der Waals surface area contributed by atoms with E-state index in [1.54, 1.807) is 36.4 Å². The summed E-state index contributed by atoms with van der Waals surface area (Å²) in [6.45, 7) is 1.16. The minimum Gasteiger partial charge on any atom is -0.347 e. The van der Waals surface area contributed by atoms with E-state index in [0.717, 1.165) is 17.7 Å². The second kappa shape index (κ2) is 8.93. The van der Waals surface area contributed by atoms with Gasteiger partial charge in [0.1, 0.15) is 0 Å². The predicted octanol–water partition coefficient (Wildman–Crippen LogP) is 3.38.